The van der Waals surface area contributed by atoms with Gasteiger partial charge < -0.3 is 10.2 Å². The molecule has 12 heavy (non-hydrogen) atoms. The van der Waals surface area contributed by atoms with E-state index in [1.54, 1.807) is 6.20 Å². The first-order valence-electron chi connectivity index (χ1n) is 4.13. The molecule has 1 aromatic heterocycles. The number of hydrogen-bond acceptors (Lipinski definition) is 3. The summed E-state index contributed by atoms with van der Waals surface area (Å²) in [5.41, 5.74) is 5.60. The van der Waals surface area contributed by atoms with Crippen molar-refractivity contribution < 1.29 is 4.42 Å². The molecular weight excluding hydrogens is 152 g/mol. The van der Waals surface area contributed by atoms with Crippen LogP contribution < -0.4 is 5.73 Å². The topological polar surface area (TPSA) is 52.0 Å². The molecule has 0 spiro atoms. The van der Waals surface area contributed by atoms with Gasteiger partial charge in [0.1, 0.15) is 5.76 Å². The SMILES string of the molecule is C[C@H](N)c1cnc(C(C)(C)C)o1. The average Bonchev–Trinajstić information content (AvgIpc) is 2.30. The maximum Gasteiger partial charge on any atom is 0.199 e. The zero-order valence-electron chi connectivity index (χ0n) is 8.09. The molecule has 2 N–H and O–H groups in total. The van der Waals surface area contributed by atoms with E-state index in [4.69, 9.17) is 10.2 Å². The summed E-state index contributed by atoms with van der Waals surface area (Å²) in [4.78, 5) is 4.16. The van der Waals surface area contributed by atoms with Crippen LogP contribution in [0.2, 0.25) is 0 Å². The zero-order valence-corrected chi connectivity index (χ0v) is 8.09. The summed E-state index contributed by atoms with van der Waals surface area (Å²) in [6.45, 7) is 8.06. The normalized spacial score (nSPS) is 14.8. The van der Waals surface area contributed by atoms with Crippen molar-refractivity contribution >= 4 is 0 Å². The highest BCUT2D eigenvalue weighted by atomic mass is 16.4. The van der Waals surface area contributed by atoms with Gasteiger partial charge in [-0.15, -0.1) is 0 Å². The molecule has 3 heteroatoms. The van der Waals surface area contributed by atoms with Crippen LogP contribution >= 0.6 is 0 Å². The van der Waals surface area contributed by atoms with Gasteiger partial charge in [0.25, 0.3) is 0 Å². The van der Waals surface area contributed by atoms with Crippen LogP contribution in [0.4, 0.5) is 0 Å². The molecule has 0 fully saturated rings. The largest absolute Gasteiger partial charge is 0.444 e. The Morgan fingerprint density at radius 2 is 2.08 bits per heavy atom. The first-order chi connectivity index (χ1) is 5.41. The maximum absolute atomic E-state index is 5.64. The zero-order chi connectivity index (χ0) is 9.35. The van der Waals surface area contributed by atoms with E-state index in [9.17, 15) is 0 Å². The number of rotatable bonds is 1. The molecule has 0 aliphatic rings. The van der Waals surface area contributed by atoms with E-state index in [1.807, 2.05) is 6.92 Å². The lowest BCUT2D eigenvalue weighted by atomic mass is 9.97. The summed E-state index contributed by atoms with van der Waals surface area (Å²) in [6, 6.07) is -0.0754. The van der Waals surface area contributed by atoms with Gasteiger partial charge in [0.05, 0.1) is 12.2 Å². The molecule has 0 saturated heterocycles. The van der Waals surface area contributed by atoms with Gasteiger partial charge in [-0.2, -0.15) is 0 Å². The highest BCUT2D eigenvalue weighted by Gasteiger charge is 2.20. The first kappa shape index (κ1) is 9.26. The molecule has 1 aromatic rings. The number of nitrogens with two attached hydrogens (primary N) is 1. The Morgan fingerprint density at radius 3 is 2.33 bits per heavy atom. The van der Waals surface area contributed by atoms with Crippen LogP contribution in [0.25, 0.3) is 0 Å². The van der Waals surface area contributed by atoms with E-state index < -0.39 is 0 Å². The molecule has 1 rings (SSSR count). The number of nitrogens with zero attached hydrogens (tertiary/aromatic N) is 1. The van der Waals surface area contributed by atoms with Crippen molar-refractivity contribution in [1.29, 1.82) is 0 Å². The van der Waals surface area contributed by atoms with Crippen molar-refractivity contribution in [2.75, 3.05) is 0 Å². The Morgan fingerprint density at radius 1 is 1.50 bits per heavy atom. The summed E-state index contributed by atoms with van der Waals surface area (Å²) in [5, 5.41) is 0. The maximum atomic E-state index is 5.64. The smallest absolute Gasteiger partial charge is 0.199 e. The number of hydrogen-bond donors (Lipinski definition) is 1. The third kappa shape index (κ3) is 1.85. The molecule has 0 radical (unpaired) electrons. The van der Waals surface area contributed by atoms with Crippen LogP contribution in [0.1, 0.15) is 45.4 Å². The van der Waals surface area contributed by atoms with Crippen molar-refractivity contribution in [2.45, 2.75) is 39.2 Å². The summed E-state index contributed by atoms with van der Waals surface area (Å²) >= 11 is 0. The Kier molecular flexibility index (Phi) is 2.24. The van der Waals surface area contributed by atoms with Gasteiger partial charge in [-0.05, 0) is 6.92 Å². The molecular formula is C9H16N2O. The van der Waals surface area contributed by atoms with Gasteiger partial charge >= 0.3 is 0 Å². The standard InChI is InChI=1S/C9H16N2O/c1-6(10)7-5-11-8(12-7)9(2,3)4/h5-6H,10H2,1-4H3/t6-/m0/s1. The average molecular weight is 168 g/mol. The van der Waals surface area contributed by atoms with Gasteiger partial charge in [-0.3, -0.25) is 0 Å². The van der Waals surface area contributed by atoms with Crippen LogP contribution in [-0.4, -0.2) is 4.98 Å². The molecule has 68 valence electrons. The van der Waals surface area contributed by atoms with Gasteiger partial charge in [-0.25, -0.2) is 4.98 Å². The lowest BCUT2D eigenvalue weighted by molar-refractivity contribution is 0.362. The number of aromatic nitrogens is 1. The van der Waals surface area contributed by atoms with Crippen molar-refractivity contribution in [3.05, 3.63) is 17.8 Å². The molecule has 0 unspecified atom stereocenters. The second kappa shape index (κ2) is 2.90. The van der Waals surface area contributed by atoms with E-state index in [0.717, 1.165) is 11.7 Å². The van der Waals surface area contributed by atoms with E-state index in [-0.39, 0.29) is 11.5 Å². The van der Waals surface area contributed by atoms with Crippen molar-refractivity contribution in [1.82, 2.24) is 4.98 Å². The van der Waals surface area contributed by atoms with Gasteiger partial charge in [-0.1, -0.05) is 20.8 Å². The lowest BCUT2D eigenvalue weighted by Gasteiger charge is -2.12. The molecule has 0 amide bonds. The molecule has 1 atom stereocenters. The fourth-order valence-corrected chi connectivity index (χ4v) is 0.844. The molecule has 0 saturated carbocycles. The Labute approximate surface area is 73.0 Å². The summed E-state index contributed by atoms with van der Waals surface area (Å²) < 4.78 is 5.47. The van der Waals surface area contributed by atoms with Crippen molar-refractivity contribution in [3.8, 4) is 0 Å². The quantitative estimate of drug-likeness (QED) is 0.697. The molecule has 0 aliphatic heterocycles. The minimum Gasteiger partial charge on any atom is -0.444 e. The number of oxazole rings is 1. The van der Waals surface area contributed by atoms with Gasteiger partial charge in [0.15, 0.2) is 5.89 Å². The van der Waals surface area contributed by atoms with Crippen molar-refractivity contribution in [3.63, 3.8) is 0 Å². The minimum atomic E-state index is -0.0754. The fraction of sp³-hybridized carbons (Fsp3) is 0.667. The predicted molar refractivity (Wildman–Crippen MR) is 47.8 cm³/mol. The Bertz CT molecular complexity index is 258. The van der Waals surface area contributed by atoms with E-state index in [1.165, 1.54) is 0 Å². The van der Waals surface area contributed by atoms with Crippen molar-refractivity contribution in [2.24, 2.45) is 5.73 Å². The van der Waals surface area contributed by atoms with Gasteiger partial charge in [0.2, 0.25) is 0 Å². The molecule has 0 aliphatic carbocycles. The lowest BCUT2D eigenvalue weighted by Crippen LogP contribution is -2.11. The fourth-order valence-electron chi connectivity index (χ4n) is 0.844. The minimum absolute atomic E-state index is 0.0346. The van der Waals surface area contributed by atoms with Crippen LogP contribution in [0.5, 0.6) is 0 Å². The predicted octanol–water partition coefficient (Wildman–Crippen LogP) is 1.99. The molecule has 0 bridgehead atoms. The van der Waals surface area contributed by atoms with E-state index in [0.29, 0.717) is 0 Å². The third-order valence-electron chi connectivity index (χ3n) is 1.61. The highest BCUT2D eigenvalue weighted by molar-refractivity contribution is 5.04. The van der Waals surface area contributed by atoms with Gasteiger partial charge in [0, 0.05) is 5.41 Å². The third-order valence-corrected chi connectivity index (χ3v) is 1.61. The highest BCUT2D eigenvalue weighted by Crippen LogP contribution is 2.23. The van der Waals surface area contributed by atoms with Crippen LogP contribution in [0.3, 0.4) is 0 Å². The molecule has 1 heterocycles. The second-order valence-corrected chi connectivity index (χ2v) is 4.11. The molecule has 3 nitrogen and oxygen atoms in total. The molecule has 0 aromatic carbocycles. The van der Waals surface area contributed by atoms with Crippen LogP contribution in [0.15, 0.2) is 10.6 Å². The summed E-state index contributed by atoms with van der Waals surface area (Å²) in [6.07, 6.45) is 1.70. The monoisotopic (exact) mass is 168 g/mol. The summed E-state index contributed by atoms with van der Waals surface area (Å²) in [7, 11) is 0. The second-order valence-electron chi connectivity index (χ2n) is 4.11. The van der Waals surface area contributed by atoms with Crippen LogP contribution in [0, 0.1) is 0 Å². The van der Waals surface area contributed by atoms with E-state index in [2.05, 4.69) is 25.8 Å². The first-order valence-corrected chi connectivity index (χ1v) is 4.13. The van der Waals surface area contributed by atoms with Crippen LogP contribution in [-0.2, 0) is 5.41 Å². The summed E-state index contributed by atoms with van der Waals surface area (Å²) in [5.74, 6) is 1.50. The Balaban J connectivity index is 2.92. The Hall–Kier alpha value is -0.830. The van der Waals surface area contributed by atoms with E-state index >= 15 is 0 Å².